The lowest BCUT2D eigenvalue weighted by atomic mass is 10.3. The van der Waals surface area contributed by atoms with Crippen LogP contribution >= 0.6 is 11.3 Å². The molecule has 0 spiro atoms. The van der Waals surface area contributed by atoms with Crippen LogP contribution in [0, 0.1) is 0 Å². The standard InChI is InChI=1S/C16H23N3O2S2/c1-3-19(4-2)23(20,21)16-8-7-15(22-16)9-11-18-13-14-6-5-10-17-12-14/h5-8,10,12,18H,3-4,9,11,13H2,1-2H3. The van der Waals surface area contributed by atoms with E-state index in [1.807, 2.05) is 38.2 Å². The zero-order chi connectivity index (χ0) is 16.7. The van der Waals surface area contributed by atoms with Crippen LogP contribution in [-0.2, 0) is 23.0 Å². The topological polar surface area (TPSA) is 62.3 Å². The van der Waals surface area contributed by atoms with Crippen molar-refractivity contribution in [1.29, 1.82) is 0 Å². The second-order valence-electron chi connectivity index (χ2n) is 5.10. The van der Waals surface area contributed by atoms with Crippen molar-refractivity contribution in [3.63, 3.8) is 0 Å². The van der Waals surface area contributed by atoms with E-state index in [4.69, 9.17) is 0 Å². The molecule has 0 amide bonds. The van der Waals surface area contributed by atoms with Crippen molar-refractivity contribution in [2.75, 3.05) is 19.6 Å². The minimum atomic E-state index is -3.33. The molecule has 0 aliphatic rings. The van der Waals surface area contributed by atoms with Crippen LogP contribution in [0.15, 0.2) is 40.9 Å². The average molecular weight is 354 g/mol. The first kappa shape index (κ1) is 18.1. The molecule has 5 nitrogen and oxygen atoms in total. The fraction of sp³-hybridized carbons (Fsp3) is 0.438. The molecule has 23 heavy (non-hydrogen) atoms. The molecule has 126 valence electrons. The van der Waals surface area contributed by atoms with Crippen LogP contribution in [0.1, 0.15) is 24.3 Å². The van der Waals surface area contributed by atoms with Gasteiger partial charge in [0.05, 0.1) is 0 Å². The molecule has 2 rings (SSSR count). The summed E-state index contributed by atoms with van der Waals surface area (Å²) in [7, 11) is -3.33. The third kappa shape index (κ3) is 4.84. The molecular weight excluding hydrogens is 330 g/mol. The first-order chi connectivity index (χ1) is 11.1. The van der Waals surface area contributed by atoms with Gasteiger partial charge in [0.15, 0.2) is 0 Å². The number of nitrogens with zero attached hydrogens (tertiary/aromatic N) is 2. The minimum Gasteiger partial charge on any atom is -0.312 e. The van der Waals surface area contributed by atoms with Crippen LogP contribution in [0.3, 0.4) is 0 Å². The van der Waals surface area contributed by atoms with Gasteiger partial charge in [0, 0.05) is 43.4 Å². The van der Waals surface area contributed by atoms with Crippen LogP contribution < -0.4 is 5.32 Å². The molecule has 0 unspecified atom stereocenters. The van der Waals surface area contributed by atoms with E-state index < -0.39 is 10.0 Å². The summed E-state index contributed by atoms with van der Waals surface area (Å²) in [6.07, 6.45) is 4.42. The van der Waals surface area contributed by atoms with E-state index in [0.717, 1.165) is 30.0 Å². The maximum atomic E-state index is 12.4. The average Bonchev–Trinajstić information content (AvgIpc) is 3.03. The Morgan fingerprint density at radius 1 is 1.22 bits per heavy atom. The van der Waals surface area contributed by atoms with Crippen molar-refractivity contribution >= 4 is 21.4 Å². The Balaban J connectivity index is 1.87. The lowest BCUT2D eigenvalue weighted by Gasteiger charge is -2.16. The first-order valence-corrected chi connectivity index (χ1v) is 10.0. The van der Waals surface area contributed by atoms with Gasteiger partial charge in [0.2, 0.25) is 0 Å². The van der Waals surface area contributed by atoms with Crippen molar-refractivity contribution < 1.29 is 8.42 Å². The van der Waals surface area contributed by atoms with Gasteiger partial charge in [-0.2, -0.15) is 4.31 Å². The van der Waals surface area contributed by atoms with Crippen molar-refractivity contribution in [3.05, 3.63) is 47.1 Å². The number of hydrogen-bond donors (Lipinski definition) is 1. The summed E-state index contributed by atoms with van der Waals surface area (Å²) in [5.41, 5.74) is 1.14. The number of thiophene rings is 1. The van der Waals surface area contributed by atoms with Gasteiger partial charge in [-0.25, -0.2) is 8.42 Å². The Morgan fingerprint density at radius 3 is 2.65 bits per heavy atom. The van der Waals surface area contributed by atoms with Gasteiger partial charge in [0.1, 0.15) is 4.21 Å². The number of hydrogen-bond acceptors (Lipinski definition) is 5. The Labute approximate surface area is 142 Å². The lowest BCUT2D eigenvalue weighted by Crippen LogP contribution is -2.29. The monoisotopic (exact) mass is 353 g/mol. The highest BCUT2D eigenvalue weighted by Gasteiger charge is 2.23. The van der Waals surface area contributed by atoms with E-state index in [2.05, 4.69) is 10.3 Å². The second-order valence-corrected chi connectivity index (χ2v) is 8.43. The molecule has 1 N–H and O–H groups in total. The number of pyridine rings is 1. The molecule has 0 saturated heterocycles. The normalized spacial score (nSPS) is 12.0. The summed E-state index contributed by atoms with van der Waals surface area (Å²) >= 11 is 1.36. The van der Waals surface area contributed by atoms with Crippen molar-refractivity contribution in [2.45, 2.75) is 31.0 Å². The maximum absolute atomic E-state index is 12.4. The zero-order valence-corrected chi connectivity index (χ0v) is 15.2. The van der Waals surface area contributed by atoms with Gasteiger partial charge in [-0.1, -0.05) is 19.9 Å². The largest absolute Gasteiger partial charge is 0.312 e. The SMILES string of the molecule is CCN(CC)S(=O)(=O)c1ccc(CCNCc2cccnc2)s1. The summed E-state index contributed by atoms with van der Waals surface area (Å²) in [6, 6.07) is 7.57. The maximum Gasteiger partial charge on any atom is 0.252 e. The molecule has 0 aromatic carbocycles. The molecule has 0 aliphatic heterocycles. The smallest absolute Gasteiger partial charge is 0.252 e. The summed E-state index contributed by atoms with van der Waals surface area (Å²) in [5, 5.41) is 3.35. The lowest BCUT2D eigenvalue weighted by molar-refractivity contribution is 0.447. The Bertz CT molecular complexity index is 695. The van der Waals surface area contributed by atoms with E-state index in [0.29, 0.717) is 17.3 Å². The fourth-order valence-electron chi connectivity index (χ4n) is 2.27. The molecule has 0 fully saturated rings. The van der Waals surface area contributed by atoms with Crippen LogP contribution in [0.2, 0.25) is 0 Å². The summed E-state index contributed by atoms with van der Waals surface area (Å²) in [6.45, 7) is 6.29. The highest BCUT2D eigenvalue weighted by molar-refractivity contribution is 7.91. The van der Waals surface area contributed by atoms with Crippen LogP contribution in [0.25, 0.3) is 0 Å². The highest BCUT2D eigenvalue weighted by Crippen LogP contribution is 2.25. The minimum absolute atomic E-state index is 0.434. The molecule has 0 bridgehead atoms. The molecular formula is C16H23N3O2S2. The molecule has 0 aliphatic carbocycles. The zero-order valence-electron chi connectivity index (χ0n) is 13.5. The Morgan fingerprint density at radius 2 is 2.00 bits per heavy atom. The van der Waals surface area contributed by atoms with Gasteiger partial charge < -0.3 is 5.32 Å². The van der Waals surface area contributed by atoms with E-state index in [9.17, 15) is 8.42 Å². The van der Waals surface area contributed by atoms with Crippen LogP contribution in [-0.4, -0.2) is 37.3 Å². The van der Waals surface area contributed by atoms with Gasteiger partial charge in [-0.3, -0.25) is 4.98 Å². The van der Waals surface area contributed by atoms with E-state index in [1.165, 1.54) is 15.6 Å². The van der Waals surface area contributed by atoms with Gasteiger partial charge in [-0.05, 0) is 30.2 Å². The number of aromatic nitrogens is 1. The predicted molar refractivity (Wildman–Crippen MR) is 94.1 cm³/mol. The third-order valence-electron chi connectivity index (χ3n) is 3.54. The molecule has 2 aromatic rings. The molecule has 2 aromatic heterocycles. The Hall–Kier alpha value is -1.28. The van der Waals surface area contributed by atoms with E-state index >= 15 is 0 Å². The predicted octanol–water partition coefficient (Wildman–Crippen LogP) is 2.51. The quantitative estimate of drug-likeness (QED) is 0.704. The van der Waals surface area contributed by atoms with Gasteiger partial charge >= 0.3 is 0 Å². The first-order valence-electron chi connectivity index (χ1n) is 7.76. The van der Waals surface area contributed by atoms with Crippen molar-refractivity contribution in [2.24, 2.45) is 0 Å². The van der Waals surface area contributed by atoms with Crippen LogP contribution in [0.5, 0.6) is 0 Å². The van der Waals surface area contributed by atoms with Crippen molar-refractivity contribution in [1.82, 2.24) is 14.6 Å². The molecule has 0 saturated carbocycles. The van der Waals surface area contributed by atoms with Gasteiger partial charge in [-0.15, -0.1) is 11.3 Å². The highest BCUT2D eigenvalue weighted by atomic mass is 32.2. The summed E-state index contributed by atoms with van der Waals surface area (Å²) in [4.78, 5) is 5.15. The molecule has 0 radical (unpaired) electrons. The fourth-order valence-corrected chi connectivity index (χ4v) is 5.24. The van der Waals surface area contributed by atoms with E-state index in [1.54, 1.807) is 12.3 Å². The number of sulfonamides is 1. The number of rotatable bonds is 9. The molecule has 7 heteroatoms. The number of nitrogens with one attached hydrogen (secondary N) is 1. The van der Waals surface area contributed by atoms with Gasteiger partial charge in [0.25, 0.3) is 10.0 Å². The van der Waals surface area contributed by atoms with E-state index in [-0.39, 0.29) is 0 Å². The molecule has 0 atom stereocenters. The summed E-state index contributed by atoms with van der Waals surface area (Å²) < 4.78 is 26.8. The Kier molecular flexibility index (Phi) is 6.71. The van der Waals surface area contributed by atoms with Crippen molar-refractivity contribution in [3.8, 4) is 0 Å². The third-order valence-corrected chi connectivity index (χ3v) is 7.20. The molecule has 2 heterocycles. The van der Waals surface area contributed by atoms with Crippen LogP contribution in [0.4, 0.5) is 0 Å². The second kappa shape index (κ2) is 8.54. The summed E-state index contributed by atoms with van der Waals surface area (Å²) in [5.74, 6) is 0.